The van der Waals surface area contributed by atoms with Gasteiger partial charge in [-0.1, -0.05) is 11.6 Å². The first-order chi connectivity index (χ1) is 14.5. The van der Waals surface area contributed by atoms with Crippen LogP contribution in [0, 0.1) is 0 Å². The summed E-state index contributed by atoms with van der Waals surface area (Å²) in [4.78, 5) is 30.8. The van der Waals surface area contributed by atoms with Crippen molar-refractivity contribution < 1.29 is 19.1 Å². The average molecular weight is 451 g/mol. The van der Waals surface area contributed by atoms with Crippen molar-refractivity contribution in [1.82, 2.24) is 4.90 Å². The minimum absolute atomic E-state index is 0.0662. The van der Waals surface area contributed by atoms with Gasteiger partial charge in [-0.2, -0.15) is 0 Å². The van der Waals surface area contributed by atoms with Crippen molar-refractivity contribution in [3.8, 4) is 0 Å². The number of carbonyl (C=O) groups excluding carboxylic acids is 2. The molecular formula is C20H23ClN4O4S. The largest absolute Gasteiger partial charge is 0.443 e. The molecule has 0 spiro atoms. The van der Waals surface area contributed by atoms with Crippen LogP contribution in [0.4, 0.5) is 16.2 Å². The number of rotatable bonds is 7. The van der Waals surface area contributed by atoms with Crippen molar-refractivity contribution in [3.05, 3.63) is 45.6 Å². The van der Waals surface area contributed by atoms with E-state index in [4.69, 9.17) is 26.8 Å². The number of hydrogen-bond acceptors (Lipinski definition) is 7. The van der Waals surface area contributed by atoms with Gasteiger partial charge < -0.3 is 20.1 Å². The molecule has 2 aliphatic rings. The van der Waals surface area contributed by atoms with E-state index in [1.54, 1.807) is 9.80 Å². The highest BCUT2D eigenvalue weighted by molar-refractivity contribution is 7.16. The highest BCUT2D eigenvalue weighted by Crippen LogP contribution is 2.27. The number of benzene rings is 1. The van der Waals surface area contributed by atoms with Crippen LogP contribution in [0.25, 0.3) is 0 Å². The van der Waals surface area contributed by atoms with E-state index in [0.29, 0.717) is 39.5 Å². The van der Waals surface area contributed by atoms with Crippen LogP contribution in [0.2, 0.25) is 4.34 Å². The number of nitrogens with two attached hydrogens (primary N) is 1. The second kappa shape index (κ2) is 9.32. The standard InChI is InChI=1S/C20H23ClN4O4S/c21-18-6-5-17(30-18)11-23(13-22)9-16-10-25(20(27)29-16)15-3-1-14(2-4-15)24-7-8-28-12-19(24)26/h1-6,16H,7-13,22H2. The Hall–Kier alpha value is -2.17. The summed E-state index contributed by atoms with van der Waals surface area (Å²) >= 11 is 7.51. The van der Waals surface area contributed by atoms with Gasteiger partial charge in [0.2, 0.25) is 0 Å². The van der Waals surface area contributed by atoms with Crippen LogP contribution >= 0.6 is 22.9 Å². The Morgan fingerprint density at radius 2 is 1.87 bits per heavy atom. The van der Waals surface area contributed by atoms with Gasteiger partial charge in [0.15, 0.2) is 0 Å². The fourth-order valence-corrected chi connectivity index (χ4v) is 4.71. The van der Waals surface area contributed by atoms with Gasteiger partial charge in [-0.15, -0.1) is 11.3 Å². The van der Waals surface area contributed by atoms with Crippen LogP contribution in [0.1, 0.15) is 4.88 Å². The van der Waals surface area contributed by atoms with Gasteiger partial charge in [0.05, 0.1) is 17.5 Å². The predicted octanol–water partition coefficient (Wildman–Crippen LogP) is 2.51. The molecule has 3 heterocycles. The summed E-state index contributed by atoms with van der Waals surface area (Å²) in [6.45, 7) is 3.12. The maximum Gasteiger partial charge on any atom is 0.414 e. The van der Waals surface area contributed by atoms with Crippen molar-refractivity contribution in [1.29, 1.82) is 0 Å². The Kier molecular flexibility index (Phi) is 6.55. The summed E-state index contributed by atoms with van der Waals surface area (Å²) in [5.41, 5.74) is 7.41. The average Bonchev–Trinajstić information content (AvgIpc) is 3.33. The summed E-state index contributed by atoms with van der Waals surface area (Å²) in [5.74, 6) is -0.0662. The van der Waals surface area contributed by atoms with E-state index in [0.717, 1.165) is 20.6 Å². The van der Waals surface area contributed by atoms with Gasteiger partial charge in [0.1, 0.15) is 12.7 Å². The molecule has 0 bridgehead atoms. The summed E-state index contributed by atoms with van der Waals surface area (Å²) < 4.78 is 11.5. The number of hydrogen-bond donors (Lipinski definition) is 1. The molecule has 1 unspecified atom stereocenters. The van der Waals surface area contributed by atoms with Gasteiger partial charge in [0, 0.05) is 42.6 Å². The van der Waals surface area contributed by atoms with E-state index in [-0.39, 0.29) is 24.7 Å². The summed E-state index contributed by atoms with van der Waals surface area (Å²) in [6, 6.07) is 11.2. The van der Waals surface area contributed by atoms with Crippen molar-refractivity contribution in [3.63, 3.8) is 0 Å². The van der Waals surface area contributed by atoms with Crippen LogP contribution in [-0.4, -0.2) is 62.5 Å². The smallest absolute Gasteiger partial charge is 0.414 e. The quantitative estimate of drug-likeness (QED) is 0.652. The Labute approximate surface area is 183 Å². The summed E-state index contributed by atoms with van der Waals surface area (Å²) in [6.07, 6.45) is -0.664. The van der Waals surface area contributed by atoms with E-state index < -0.39 is 0 Å². The maximum atomic E-state index is 12.4. The number of morpholine rings is 1. The molecule has 1 atom stereocenters. The number of anilines is 2. The number of cyclic esters (lactones) is 1. The van der Waals surface area contributed by atoms with Crippen molar-refractivity contribution in [2.75, 3.05) is 49.3 Å². The topological polar surface area (TPSA) is 88.3 Å². The molecule has 1 aromatic heterocycles. The fraction of sp³-hybridized carbons (Fsp3) is 0.400. The molecule has 2 amide bonds. The first kappa shape index (κ1) is 21.1. The van der Waals surface area contributed by atoms with E-state index in [1.807, 2.05) is 41.3 Å². The first-order valence-corrected chi connectivity index (χ1v) is 10.9. The number of halogens is 1. The molecule has 30 heavy (non-hydrogen) atoms. The van der Waals surface area contributed by atoms with Crippen LogP contribution in [0.5, 0.6) is 0 Å². The number of nitrogens with zero attached hydrogens (tertiary/aromatic N) is 3. The van der Waals surface area contributed by atoms with Crippen LogP contribution in [-0.2, 0) is 20.8 Å². The molecule has 4 rings (SSSR count). The van der Waals surface area contributed by atoms with E-state index in [1.165, 1.54) is 11.3 Å². The summed E-state index contributed by atoms with van der Waals surface area (Å²) in [7, 11) is 0. The normalized spacial score (nSPS) is 19.6. The minimum atomic E-state index is -0.383. The molecule has 0 aliphatic carbocycles. The zero-order valence-corrected chi connectivity index (χ0v) is 17.9. The van der Waals surface area contributed by atoms with Gasteiger partial charge in [-0.05, 0) is 36.4 Å². The Morgan fingerprint density at radius 1 is 1.13 bits per heavy atom. The van der Waals surface area contributed by atoms with Crippen molar-refractivity contribution in [2.45, 2.75) is 12.6 Å². The molecule has 10 heteroatoms. The van der Waals surface area contributed by atoms with E-state index >= 15 is 0 Å². The van der Waals surface area contributed by atoms with E-state index in [2.05, 4.69) is 0 Å². The lowest BCUT2D eigenvalue weighted by Crippen LogP contribution is -2.41. The highest BCUT2D eigenvalue weighted by Gasteiger charge is 2.33. The van der Waals surface area contributed by atoms with Gasteiger partial charge in [-0.3, -0.25) is 14.6 Å². The monoisotopic (exact) mass is 450 g/mol. The predicted molar refractivity (Wildman–Crippen MR) is 116 cm³/mol. The van der Waals surface area contributed by atoms with Crippen molar-refractivity contribution in [2.24, 2.45) is 5.73 Å². The SMILES string of the molecule is NCN(Cc1ccc(Cl)s1)CC1CN(c2ccc(N3CCOCC3=O)cc2)C(=O)O1. The molecule has 2 saturated heterocycles. The Morgan fingerprint density at radius 3 is 2.50 bits per heavy atom. The third kappa shape index (κ3) is 4.76. The Bertz CT molecular complexity index is 906. The maximum absolute atomic E-state index is 12.4. The molecule has 8 nitrogen and oxygen atoms in total. The lowest BCUT2D eigenvalue weighted by Gasteiger charge is -2.27. The molecule has 160 valence electrons. The van der Waals surface area contributed by atoms with Crippen LogP contribution in [0.3, 0.4) is 0 Å². The number of amides is 2. The number of thiophene rings is 1. The fourth-order valence-electron chi connectivity index (χ4n) is 3.58. The lowest BCUT2D eigenvalue weighted by atomic mass is 10.2. The minimum Gasteiger partial charge on any atom is -0.443 e. The number of ether oxygens (including phenoxy) is 2. The molecular weight excluding hydrogens is 428 g/mol. The second-order valence-electron chi connectivity index (χ2n) is 7.13. The van der Waals surface area contributed by atoms with Crippen LogP contribution in [0.15, 0.2) is 36.4 Å². The lowest BCUT2D eigenvalue weighted by molar-refractivity contribution is -0.125. The molecule has 0 saturated carbocycles. The van der Waals surface area contributed by atoms with E-state index in [9.17, 15) is 9.59 Å². The van der Waals surface area contributed by atoms with Crippen molar-refractivity contribution >= 4 is 46.3 Å². The molecule has 1 aromatic carbocycles. The Balaban J connectivity index is 1.37. The molecule has 2 fully saturated rings. The highest BCUT2D eigenvalue weighted by atomic mass is 35.5. The summed E-state index contributed by atoms with van der Waals surface area (Å²) in [5, 5.41) is 0. The molecule has 2 aliphatic heterocycles. The third-order valence-corrected chi connectivity index (χ3v) is 6.28. The van der Waals surface area contributed by atoms with Crippen LogP contribution < -0.4 is 15.5 Å². The van der Waals surface area contributed by atoms with Gasteiger partial charge in [0.25, 0.3) is 5.91 Å². The first-order valence-electron chi connectivity index (χ1n) is 9.66. The van der Waals surface area contributed by atoms with Gasteiger partial charge >= 0.3 is 6.09 Å². The zero-order valence-electron chi connectivity index (χ0n) is 16.3. The third-order valence-electron chi connectivity index (χ3n) is 5.06. The molecule has 2 aromatic rings. The number of carbonyl (C=O) groups is 2. The molecule has 0 radical (unpaired) electrons. The molecule has 2 N–H and O–H groups in total. The second-order valence-corrected chi connectivity index (χ2v) is 8.93. The van der Waals surface area contributed by atoms with Gasteiger partial charge in [-0.25, -0.2) is 4.79 Å². The zero-order chi connectivity index (χ0) is 21.1.